The first-order chi connectivity index (χ1) is 34.5. The first kappa shape index (κ1) is 49.7. The highest BCUT2D eigenvalue weighted by molar-refractivity contribution is 6.12. The average molecular weight is 1040 g/mol. The smallest absolute Gasteiger partial charge is 0.309 e. The van der Waals surface area contributed by atoms with Gasteiger partial charge in [-0.25, -0.2) is 0 Å². The van der Waals surface area contributed by atoms with E-state index in [-0.39, 0.29) is 67.5 Å². The third kappa shape index (κ3) is 8.82. The number of fused-ring (bicyclic) bond motifs is 6. The Bertz CT molecular complexity index is 3560. The number of hydrogen-bond donors (Lipinski definition) is 0. The van der Waals surface area contributed by atoms with Crippen molar-refractivity contribution in [2.75, 3.05) is 0 Å². The second kappa shape index (κ2) is 16.8. The Hall–Kier alpha value is -7.90. The van der Waals surface area contributed by atoms with Gasteiger partial charge in [0.25, 0.3) is 0 Å². The molecule has 10 aromatic rings. The fourth-order valence-corrected chi connectivity index (χ4v) is 9.39. The van der Waals surface area contributed by atoms with Gasteiger partial charge in [0.15, 0.2) is 0 Å². The van der Waals surface area contributed by atoms with Crippen LogP contribution in [0, 0.1) is 0 Å². The van der Waals surface area contributed by atoms with Crippen LogP contribution in [0.1, 0.15) is 33.4 Å². The van der Waals surface area contributed by atoms with E-state index < -0.39 is 92.7 Å². The Kier molecular flexibility index (Phi) is 11.3. The first-order valence-electron chi connectivity index (χ1n) is 21.6. The summed E-state index contributed by atoms with van der Waals surface area (Å²) in [7, 11) is 0. The van der Waals surface area contributed by atoms with Crippen molar-refractivity contribution in [3.05, 3.63) is 191 Å². The quantitative estimate of drug-likeness (QED) is 0.152. The van der Waals surface area contributed by atoms with Gasteiger partial charge in [-0.15, -0.1) is 0 Å². The van der Waals surface area contributed by atoms with Crippen LogP contribution >= 0.6 is 0 Å². The highest BCUT2D eigenvalue weighted by Gasteiger charge is 2.41. The summed E-state index contributed by atoms with van der Waals surface area (Å²) < 4.78 is 260. The SMILES string of the molecule is FC(F)(F)c1cc(-c2ccc3c(c2)c2ccccc2n3-c2ccc(C(F)(F)F)c(-c3cc(-n4c5ccccc5c5cc(-c6cc(C(F)(F)F)cc(C(F)(F)F)c6)ccc54)ccc3C(F)(F)F)c2)cc(C(F)(F)F)c1. The third-order valence-corrected chi connectivity index (χ3v) is 12.6. The molecule has 20 heteroatoms. The molecule has 0 radical (unpaired) electrons. The van der Waals surface area contributed by atoms with E-state index >= 15 is 26.3 Å². The van der Waals surface area contributed by atoms with Gasteiger partial charge in [0.05, 0.1) is 55.4 Å². The molecule has 0 aliphatic heterocycles. The van der Waals surface area contributed by atoms with Gasteiger partial charge in [-0.1, -0.05) is 48.5 Å². The van der Waals surface area contributed by atoms with Gasteiger partial charge in [0.2, 0.25) is 0 Å². The van der Waals surface area contributed by atoms with Crippen molar-refractivity contribution in [1.29, 1.82) is 0 Å². The molecule has 0 bridgehead atoms. The van der Waals surface area contributed by atoms with Crippen molar-refractivity contribution in [3.63, 3.8) is 0 Å². The number of hydrogen-bond acceptors (Lipinski definition) is 0. The molecule has 2 aromatic heterocycles. The zero-order valence-electron chi connectivity index (χ0n) is 36.7. The monoisotopic (exact) mass is 1040 g/mol. The van der Waals surface area contributed by atoms with E-state index in [0.717, 1.165) is 24.3 Å². The molecule has 0 aliphatic rings. The number of para-hydroxylation sites is 2. The number of rotatable bonds is 5. The van der Waals surface area contributed by atoms with Crippen LogP contribution in [0.15, 0.2) is 158 Å². The summed E-state index contributed by atoms with van der Waals surface area (Å²) in [4.78, 5) is 0. The zero-order valence-corrected chi connectivity index (χ0v) is 36.7. The minimum atomic E-state index is -5.29. The van der Waals surface area contributed by atoms with Gasteiger partial charge in [-0.3, -0.25) is 0 Å². The van der Waals surface area contributed by atoms with Gasteiger partial charge in [-0.2, -0.15) is 79.0 Å². The first-order valence-corrected chi connectivity index (χ1v) is 21.6. The maximum atomic E-state index is 15.1. The lowest BCUT2D eigenvalue weighted by Crippen LogP contribution is -2.12. The summed E-state index contributed by atoms with van der Waals surface area (Å²) in [6, 6.07) is 26.5. The molecule has 74 heavy (non-hydrogen) atoms. The molecule has 0 aliphatic carbocycles. The topological polar surface area (TPSA) is 9.86 Å². The van der Waals surface area contributed by atoms with Crippen LogP contribution in [0.2, 0.25) is 0 Å². The van der Waals surface area contributed by atoms with Crippen molar-refractivity contribution in [1.82, 2.24) is 9.13 Å². The molecule has 0 atom stereocenters. The molecule has 2 nitrogen and oxygen atoms in total. The molecule has 0 amide bonds. The van der Waals surface area contributed by atoms with Crippen LogP contribution in [0.25, 0.3) is 88.4 Å². The Morgan fingerprint density at radius 1 is 0.243 bits per heavy atom. The zero-order chi connectivity index (χ0) is 53.2. The fourth-order valence-electron chi connectivity index (χ4n) is 9.39. The van der Waals surface area contributed by atoms with E-state index in [9.17, 15) is 52.7 Å². The molecule has 0 saturated carbocycles. The van der Waals surface area contributed by atoms with E-state index in [4.69, 9.17) is 0 Å². The minimum absolute atomic E-state index is 0.0393. The molecule has 10 rings (SSSR count). The van der Waals surface area contributed by atoms with E-state index in [0.29, 0.717) is 47.2 Å². The number of aromatic nitrogens is 2. The van der Waals surface area contributed by atoms with Crippen LogP contribution in [0.5, 0.6) is 0 Å². The number of alkyl halides is 18. The Morgan fingerprint density at radius 3 is 0.865 bits per heavy atom. The number of nitrogens with zero attached hydrogens (tertiary/aromatic N) is 2. The van der Waals surface area contributed by atoms with Crippen molar-refractivity contribution < 1.29 is 79.0 Å². The molecular weight excluding hydrogens is 1020 g/mol. The standard InChI is InChI=1S/C54H26F18N2/c55-49(56,57)31-17-29(18-32(23-31)50(58,59)60)27-9-15-47-41(21-27)37-5-1-3-7-45(37)73(47)35-11-13-43(53(67,68)69)39(25-35)40-26-36(12-14-44(40)54(70,71)72)74-46-8-4-2-6-38(46)42-22-28(10-16-48(42)74)30-19-33(51(61,62)63)24-34(20-30)52(64,65)66/h1-26H. The fraction of sp³-hybridized carbons (Fsp3) is 0.111. The molecule has 8 aromatic carbocycles. The summed E-state index contributed by atoms with van der Waals surface area (Å²) in [6.45, 7) is 0. The summed E-state index contributed by atoms with van der Waals surface area (Å²) in [5.74, 6) is 0. The normalized spacial score (nSPS) is 13.3. The predicted molar refractivity (Wildman–Crippen MR) is 241 cm³/mol. The molecule has 0 spiro atoms. The van der Waals surface area contributed by atoms with Crippen molar-refractivity contribution in [2.24, 2.45) is 0 Å². The van der Waals surface area contributed by atoms with E-state index in [1.807, 2.05) is 0 Å². The van der Waals surface area contributed by atoms with Crippen molar-refractivity contribution in [2.45, 2.75) is 37.1 Å². The van der Waals surface area contributed by atoms with Gasteiger partial charge >= 0.3 is 37.1 Å². The second-order valence-corrected chi connectivity index (χ2v) is 17.2. The summed E-state index contributed by atoms with van der Waals surface area (Å²) in [5.41, 5.74) is -12.0. The maximum absolute atomic E-state index is 15.1. The number of halogens is 18. The van der Waals surface area contributed by atoms with E-state index in [2.05, 4.69) is 0 Å². The average Bonchev–Trinajstić information content (AvgIpc) is 3.84. The lowest BCUT2D eigenvalue weighted by Gasteiger charge is -2.21. The largest absolute Gasteiger partial charge is 0.417 e. The predicted octanol–water partition coefficient (Wildman–Crippen LogP) is 19.0. The van der Waals surface area contributed by atoms with Crippen LogP contribution in [0.4, 0.5) is 79.0 Å². The lowest BCUT2D eigenvalue weighted by atomic mass is 9.93. The highest BCUT2D eigenvalue weighted by atomic mass is 19.4. The van der Waals surface area contributed by atoms with E-state index in [1.54, 1.807) is 0 Å². The molecule has 0 N–H and O–H groups in total. The Morgan fingerprint density at radius 2 is 0.554 bits per heavy atom. The maximum Gasteiger partial charge on any atom is 0.417 e. The summed E-state index contributed by atoms with van der Waals surface area (Å²) >= 11 is 0. The molecule has 2 heterocycles. The van der Waals surface area contributed by atoms with Crippen LogP contribution in [0.3, 0.4) is 0 Å². The van der Waals surface area contributed by atoms with E-state index in [1.165, 1.54) is 94.1 Å². The summed E-state index contributed by atoms with van der Waals surface area (Å²) in [5, 5.41) is 1.03. The molecule has 0 saturated heterocycles. The van der Waals surface area contributed by atoms with Gasteiger partial charge in [0.1, 0.15) is 0 Å². The highest BCUT2D eigenvalue weighted by Crippen LogP contribution is 2.48. The lowest BCUT2D eigenvalue weighted by molar-refractivity contribution is -0.144. The Balaban J connectivity index is 1.17. The van der Waals surface area contributed by atoms with Crippen LogP contribution in [-0.4, -0.2) is 9.13 Å². The number of benzene rings is 8. The van der Waals surface area contributed by atoms with Gasteiger partial charge < -0.3 is 9.13 Å². The molecule has 0 fully saturated rings. The third-order valence-electron chi connectivity index (χ3n) is 12.6. The minimum Gasteiger partial charge on any atom is -0.309 e. The van der Waals surface area contributed by atoms with Crippen molar-refractivity contribution >= 4 is 43.6 Å². The molecular formula is C54H26F18N2. The van der Waals surface area contributed by atoms with Crippen LogP contribution in [-0.2, 0) is 37.1 Å². The van der Waals surface area contributed by atoms with Gasteiger partial charge in [-0.05, 0) is 143 Å². The second-order valence-electron chi connectivity index (χ2n) is 17.2. The molecule has 0 unspecified atom stereocenters. The molecule has 378 valence electrons. The van der Waals surface area contributed by atoms with Gasteiger partial charge in [0, 0.05) is 32.9 Å². The summed E-state index contributed by atoms with van der Waals surface area (Å²) in [6.07, 6.45) is -31.3. The van der Waals surface area contributed by atoms with Crippen LogP contribution < -0.4 is 0 Å². The Labute approximate surface area is 403 Å². The van der Waals surface area contributed by atoms with Crippen molar-refractivity contribution in [3.8, 4) is 44.8 Å².